The summed E-state index contributed by atoms with van der Waals surface area (Å²) in [4.78, 5) is 24.4. The normalized spacial score (nSPS) is 10.4. The summed E-state index contributed by atoms with van der Waals surface area (Å²) >= 11 is 0. The number of carbonyl (C=O) groups is 1. The zero-order valence-electron chi connectivity index (χ0n) is 19.9. The SMILES string of the molecule is Cc1cc(Nc2ccnc3ccc(N=[N+]=[N-])cc23)cc(C(=O)Nc2cccc(Nc3ccncc3)c2)c1. The van der Waals surface area contributed by atoms with E-state index in [-0.39, 0.29) is 5.91 Å². The number of aromatic nitrogens is 2. The van der Waals surface area contributed by atoms with E-state index in [1.54, 1.807) is 42.9 Å². The van der Waals surface area contributed by atoms with Crippen LogP contribution in [-0.2, 0) is 0 Å². The van der Waals surface area contributed by atoms with Crippen LogP contribution < -0.4 is 16.0 Å². The second-order valence-electron chi connectivity index (χ2n) is 8.36. The van der Waals surface area contributed by atoms with Crippen LogP contribution in [-0.4, -0.2) is 15.9 Å². The van der Waals surface area contributed by atoms with Crippen LogP contribution in [0.3, 0.4) is 0 Å². The lowest BCUT2D eigenvalue weighted by Crippen LogP contribution is -2.12. The Morgan fingerprint density at radius 3 is 2.51 bits per heavy atom. The summed E-state index contributed by atoms with van der Waals surface area (Å²) in [7, 11) is 0. The number of aryl methyl sites for hydroxylation is 1. The van der Waals surface area contributed by atoms with Gasteiger partial charge in [-0.05, 0) is 84.7 Å². The molecule has 0 aliphatic rings. The highest BCUT2D eigenvalue weighted by molar-refractivity contribution is 6.05. The highest BCUT2D eigenvalue weighted by Gasteiger charge is 2.11. The van der Waals surface area contributed by atoms with E-state index in [2.05, 4.69) is 35.9 Å². The van der Waals surface area contributed by atoms with Gasteiger partial charge in [-0.2, -0.15) is 0 Å². The van der Waals surface area contributed by atoms with Crippen molar-refractivity contribution in [2.24, 2.45) is 5.11 Å². The molecule has 9 nitrogen and oxygen atoms in total. The molecule has 0 aliphatic carbocycles. The molecule has 9 heteroatoms. The first-order chi connectivity index (χ1) is 18.1. The molecule has 0 atom stereocenters. The van der Waals surface area contributed by atoms with Crippen LogP contribution in [0.5, 0.6) is 0 Å². The van der Waals surface area contributed by atoms with E-state index in [1.165, 1.54) is 0 Å². The number of azide groups is 1. The van der Waals surface area contributed by atoms with E-state index < -0.39 is 0 Å². The zero-order valence-corrected chi connectivity index (χ0v) is 19.9. The van der Waals surface area contributed by atoms with E-state index in [4.69, 9.17) is 5.53 Å². The molecule has 2 aromatic heterocycles. The maximum absolute atomic E-state index is 13.1. The third-order valence-corrected chi connectivity index (χ3v) is 5.59. The predicted octanol–water partition coefficient (Wildman–Crippen LogP) is 7.62. The standard InChI is InChI=1S/C28H22N8O/c1-18-13-19(28(37)34-22-4-2-3-21(16-22)32-20-7-10-30-11-8-20)15-24(14-18)33-27-9-12-31-26-6-5-23(35-36-29)17-25(26)27/h2-17H,1H3,(H,30,32)(H,31,33)(H,34,37). The molecule has 0 radical (unpaired) electrons. The zero-order chi connectivity index (χ0) is 25.6. The van der Waals surface area contributed by atoms with Crippen molar-refractivity contribution in [3.05, 3.63) is 119 Å². The summed E-state index contributed by atoms with van der Waals surface area (Å²) in [5.74, 6) is -0.224. The number of nitrogens with zero attached hydrogens (tertiary/aromatic N) is 5. The summed E-state index contributed by atoms with van der Waals surface area (Å²) in [5.41, 5.74) is 15.4. The number of anilines is 5. The molecule has 0 saturated heterocycles. The lowest BCUT2D eigenvalue weighted by molar-refractivity contribution is 0.102. The van der Waals surface area contributed by atoms with Gasteiger partial charge in [-0.15, -0.1) is 0 Å². The molecule has 37 heavy (non-hydrogen) atoms. The van der Waals surface area contributed by atoms with Crippen LogP contribution in [0.25, 0.3) is 21.3 Å². The van der Waals surface area contributed by atoms with Crippen LogP contribution in [0.2, 0.25) is 0 Å². The maximum atomic E-state index is 13.1. The van der Waals surface area contributed by atoms with Gasteiger partial charge in [-0.25, -0.2) is 0 Å². The lowest BCUT2D eigenvalue weighted by Gasteiger charge is -2.13. The minimum absolute atomic E-state index is 0.224. The van der Waals surface area contributed by atoms with Gasteiger partial charge in [0.1, 0.15) is 0 Å². The highest BCUT2D eigenvalue weighted by Crippen LogP contribution is 2.30. The number of fused-ring (bicyclic) bond motifs is 1. The first-order valence-corrected chi connectivity index (χ1v) is 11.5. The molecule has 0 unspecified atom stereocenters. The molecule has 3 N–H and O–H groups in total. The third-order valence-electron chi connectivity index (χ3n) is 5.59. The molecule has 2 heterocycles. The second-order valence-corrected chi connectivity index (χ2v) is 8.36. The van der Waals surface area contributed by atoms with Gasteiger partial charge in [0.15, 0.2) is 0 Å². The largest absolute Gasteiger partial charge is 0.355 e. The highest BCUT2D eigenvalue weighted by atomic mass is 16.1. The Morgan fingerprint density at radius 2 is 1.68 bits per heavy atom. The molecule has 0 bridgehead atoms. The summed E-state index contributed by atoms with van der Waals surface area (Å²) < 4.78 is 0. The molecule has 0 fully saturated rings. The van der Waals surface area contributed by atoms with Crippen molar-refractivity contribution in [1.82, 2.24) is 9.97 Å². The fourth-order valence-corrected chi connectivity index (χ4v) is 3.98. The quantitative estimate of drug-likeness (QED) is 0.124. The first-order valence-electron chi connectivity index (χ1n) is 11.5. The van der Waals surface area contributed by atoms with E-state index in [0.717, 1.165) is 39.2 Å². The number of hydrogen-bond donors (Lipinski definition) is 3. The van der Waals surface area contributed by atoms with Crippen molar-refractivity contribution in [3.8, 4) is 0 Å². The molecule has 1 amide bonds. The van der Waals surface area contributed by atoms with Gasteiger partial charge in [-0.1, -0.05) is 17.2 Å². The lowest BCUT2D eigenvalue weighted by atomic mass is 10.1. The summed E-state index contributed by atoms with van der Waals surface area (Å²) in [6.45, 7) is 1.94. The van der Waals surface area contributed by atoms with Crippen molar-refractivity contribution in [1.29, 1.82) is 0 Å². The summed E-state index contributed by atoms with van der Waals surface area (Å²) in [6.07, 6.45) is 5.13. The van der Waals surface area contributed by atoms with Crippen molar-refractivity contribution >= 4 is 50.9 Å². The van der Waals surface area contributed by atoms with Crippen molar-refractivity contribution < 1.29 is 4.79 Å². The minimum atomic E-state index is -0.224. The molecule has 180 valence electrons. The number of pyridine rings is 2. The van der Waals surface area contributed by atoms with Gasteiger partial charge in [0, 0.05) is 68.6 Å². The topological polar surface area (TPSA) is 128 Å². The van der Waals surface area contributed by atoms with Crippen molar-refractivity contribution in [2.75, 3.05) is 16.0 Å². The van der Waals surface area contributed by atoms with Crippen molar-refractivity contribution in [2.45, 2.75) is 6.92 Å². The molecule has 5 aromatic rings. The minimum Gasteiger partial charge on any atom is -0.355 e. The average Bonchev–Trinajstić information content (AvgIpc) is 2.90. The van der Waals surface area contributed by atoms with Gasteiger partial charge in [0.25, 0.3) is 5.91 Å². The Balaban J connectivity index is 1.37. The molecular weight excluding hydrogens is 464 g/mol. The molecular formula is C28H22N8O. The summed E-state index contributed by atoms with van der Waals surface area (Å²) in [6, 6.07) is 24.0. The smallest absolute Gasteiger partial charge is 0.255 e. The van der Waals surface area contributed by atoms with Crippen LogP contribution in [0.1, 0.15) is 15.9 Å². The number of benzene rings is 3. The van der Waals surface area contributed by atoms with Gasteiger partial charge in [0.2, 0.25) is 0 Å². The fraction of sp³-hybridized carbons (Fsp3) is 0.0357. The molecule has 5 rings (SSSR count). The Bertz CT molecular complexity index is 1650. The van der Waals surface area contributed by atoms with Crippen molar-refractivity contribution in [3.63, 3.8) is 0 Å². The van der Waals surface area contributed by atoms with Gasteiger partial charge < -0.3 is 16.0 Å². The summed E-state index contributed by atoms with van der Waals surface area (Å²) in [5, 5.41) is 14.2. The number of carbonyl (C=O) groups excluding carboxylic acids is 1. The van der Waals surface area contributed by atoms with E-state index in [0.29, 0.717) is 16.9 Å². The maximum Gasteiger partial charge on any atom is 0.255 e. The van der Waals surface area contributed by atoms with Crippen LogP contribution in [0.15, 0.2) is 103 Å². The van der Waals surface area contributed by atoms with Gasteiger partial charge in [0.05, 0.1) is 5.52 Å². The Morgan fingerprint density at radius 1 is 0.838 bits per heavy atom. The molecule has 0 aliphatic heterocycles. The van der Waals surface area contributed by atoms with Crippen LogP contribution in [0.4, 0.5) is 34.1 Å². The monoisotopic (exact) mass is 486 g/mol. The van der Waals surface area contributed by atoms with Crippen LogP contribution >= 0.6 is 0 Å². The Kier molecular flexibility index (Phi) is 6.61. The first kappa shape index (κ1) is 23.3. The number of amides is 1. The number of nitrogens with one attached hydrogen (secondary N) is 3. The van der Waals surface area contributed by atoms with E-state index in [9.17, 15) is 4.79 Å². The second kappa shape index (κ2) is 10.5. The predicted molar refractivity (Wildman–Crippen MR) is 147 cm³/mol. The Labute approximate surface area is 212 Å². The Hall–Kier alpha value is -5.40. The molecule has 3 aromatic carbocycles. The van der Waals surface area contributed by atoms with Gasteiger partial charge in [-0.3, -0.25) is 14.8 Å². The average molecular weight is 487 g/mol. The van der Waals surface area contributed by atoms with E-state index in [1.807, 2.05) is 61.5 Å². The number of hydrogen-bond acceptors (Lipinski definition) is 6. The van der Waals surface area contributed by atoms with Gasteiger partial charge >= 0.3 is 0 Å². The third kappa shape index (κ3) is 5.64. The van der Waals surface area contributed by atoms with Crippen LogP contribution in [0, 0.1) is 6.92 Å². The van der Waals surface area contributed by atoms with E-state index >= 15 is 0 Å². The molecule has 0 saturated carbocycles. The fourth-order valence-electron chi connectivity index (χ4n) is 3.98. The number of rotatable bonds is 7. The molecule has 0 spiro atoms.